The molecule has 0 radical (unpaired) electrons. The zero-order valence-electron chi connectivity index (χ0n) is 12.6. The minimum atomic E-state index is 0.419. The quantitative estimate of drug-likeness (QED) is 0.701. The molecule has 1 atom stereocenters. The van der Waals surface area contributed by atoms with E-state index in [0.717, 1.165) is 12.5 Å². The lowest BCUT2D eigenvalue weighted by Gasteiger charge is -2.37. The second-order valence-corrected chi connectivity index (χ2v) is 6.69. The molecule has 1 aliphatic rings. The molecule has 0 spiro atoms. The van der Waals surface area contributed by atoms with Crippen molar-refractivity contribution in [2.45, 2.75) is 59.4 Å². The topological polar surface area (TPSA) is 15.3 Å². The van der Waals surface area contributed by atoms with Crippen LogP contribution in [0.2, 0.25) is 0 Å². The van der Waals surface area contributed by atoms with Crippen LogP contribution in [-0.4, -0.2) is 37.6 Å². The summed E-state index contributed by atoms with van der Waals surface area (Å²) in [6.45, 7) is 12.9. The molecule has 0 amide bonds. The third-order valence-corrected chi connectivity index (χ3v) is 4.24. The van der Waals surface area contributed by atoms with Gasteiger partial charge in [-0.25, -0.2) is 0 Å². The number of nitrogens with one attached hydrogen (secondary N) is 1. The van der Waals surface area contributed by atoms with E-state index in [2.05, 4.69) is 45.0 Å². The van der Waals surface area contributed by atoms with Gasteiger partial charge in [-0.3, -0.25) is 0 Å². The molecule has 102 valence electrons. The van der Waals surface area contributed by atoms with E-state index in [1.165, 1.54) is 38.8 Å². The summed E-state index contributed by atoms with van der Waals surface area (Å²) < 4.78 is 0. The van der Waals surface area contributed by atoms with E-state index >= 15 is 0 Å². The SMILES string of the molecule is CCC(C)(CNC(C)C)CN(C)CC1CCC1. The third kappa shape index (κ3) is 5.39. The molecule has 0 heterocycles. The van der Waals surface area contributed by atoms with Gasteiger partial charge in [0.05, 0.1) is 0 Å². The molecule has 1 saturated carbocycles. The van der Waals surface area contributed by atoms with Gasteiger partial charge in [0, 0.05) is 25.7 Å². The Balaban J connectivity index is 2.31. The third-order valence-electron chi connectivity index (χ3n) is 4.24. The molecular formula is C15H32N2. The molecule has 1 unspecified atom stereocenters. The average molecular weight is 240 g/mol. The normalized spacial score (nSPS) is 20.6. The summed E-state index contributed by atoms with van der Waals surface area (Å²) in [7, 11) is 2.29. The molecule has 0 aromatic carbocycles. The van der Waals surface area contributed by atoms with Gasteiger partial charge in [-0.1, -0.05) is 34.1 Å². The van der Waals surface area contributed by atoms with E-state index in [4.69, 9.17) is 0 Å². The lowest BCUT2D eigenvalue weighted by atomic mass is 9.83. The molecule has 1 N–H and O–H groups in total. The van der Waals surface area contributed by atoms with Crippen molar-refractivity contribution in [3.05, 3.63) is 0 Å². The van der Waals surface area contributed by atoms with Gasteiger partial charge in [0.25, 0.3) is 0 Å². The molecule has 1 fully saturated rings. The number of hydrogen-bond acceptors (Lipinski definition) is 2. The van der Waals surface area contributed by atoms with Crippen LogP contribution in [0.1, 0.15) is 53.4 Å². The van der Waals surface area contributed by atoms with Gasteiger partial charge in [0.1, 0.15) is 0 Å². The van der Waals surface area contributed by atoms with Crippen molar-refractivity contribution in [2.24, 2.45) is 11.3 Å². The molecular weight excluding hydrogens is 208 g/mol. The summed E-state index contributed by atoms with van der Waals surface area (Å²) in [5, 5.41) is 3.60. The average Bonchev–Trinajstić information content (AvgIpc) is 2.21. The van der Waals surface area contributed by atoms with E-state index in [1.54, 1.807) is 0 Å². The standard InChI is InChI=1S/C15H32N2/c1-6-15(4,11-16-13(2)3)12-17(5)10-14-8-7-9-14/h13-14,16H,6-12H2,1-5H3. The first-order chi connectivity index (χ1) is 7.95. The lowest BCUT2D eigenvalue weighted by molar-refractivity contribution is 0.137. The van der Waals surface area contributed by atoms with Crippen LogP contribution < -0.4 is 5.32 Å². The summed E-state index contributed by atoms with van der Waals surface area (Å²) in [5.74, 6) is 0.985. The first kappa shape index (κ1) is 15.0. The summed E-state index contributed by atoms with van der Waals surface area (Å²) in [4.78, 5) is 2.55. The summed E-state index contributed by atoms with van der Waals surface area (Å²) in [6, 6.07) is 0.595. The summed E-state index contributed by atoms with van der Waals surface area (Å²) >= 11 is 0. The Labute approximate surface area is 108 Å². The van der Waals surface area contributed by atoms with Crippen LogP contribution in [0.5, 0.6) is 0 Å². The Bertz CT molecular complexity index is 211. The minimum Gasteiger partial charge on any atom is -0.314 e. The smallest absolute Gasteiger partial charge is 0.00444 e. The first-order valence-corrected chi connectivity index (χ1v) is 7.37. The van der Waals surface area contributed by atoms with Gasteiger partial charge in [-0.2, -0.15) is 0 Å². The molecule has 0 aromatic rings. The minimum absolute atomic E-state index is 0.419. The molecule has 17 heavy (non-hydrogen) atoms. The van der Waals surface area contributed by atoms with Crippen molar-refractivity contribution < 1.29 is 0 Å². The van der Waals surface area contributed by atoms with Crippen molar-refractivity contribution in [3.8, 4) is 0 Å². The monoisotopic (exact) mass is 240 g/mol. The van der Waals surface area contributed by atoms with Crippen LogP contribution in [0, 0.1) is 11.3 Å². The van der Waals surface area contributed by atoms with Crippen LogP contribution in [0.4, 0.5) is 0 Å². The highest BCUT2D eigenvalue weighted by Gasteiger charge is 2.26. The highest BCUT2D eigenvalue weighted by molar-refractivity contribution is 4.81. The number of nitrogens with zero attached hydrogens (tertiary/aromatic N) is 1. The molecule has 1 aliphatic carbocycles. The molecule has 0 aromatic heterocycles. The van der Waals surface area contributed by atoms with E-state index in [0.29, 0.717) is 11.5 Å². The number of rotatable bonds is 8. The second kappa shape index (κ2) is 6.75. The van der Waals surface area contributed by atoms with Crippen LogP contribution in [0.15, 0.2) is 0 Å². The fourth-order valence-corrected chi connectivity index (χ4v) is 2.58. The van der Waals surface area contributed by atoms with E-state index in [9.17, 15) is 0 Å². The molecule has 0 bridgehead atoms. The Morgan fingerprint density at radius 3 is 2.41 bits per heavy atom. The van der Waals surface area contributed by atoms with Crippen LogP contribution >= 0.6 is 0 Å². The molecule has 2 heteroatoms. The Morgan fingerprint density at radius 2 is 2.00 bits per heavy atom. The van der Waals surface area contributed by atoms with E-state index < -0.39 is 0 Å². The van der Waals surface area contributed by atoms with Crippen LogP contribution in [-0.2, 0) is 0 Å². The largest absolute Gasteiger partial charge is 0.314 e. The van der Waals surface area contributed by atoms with Crippen LogP contribution in [0.25, 0.3) is 0 Å². The van der Waals surface area contributed by atoms with Gasteiger partial charge >= 0.3 is 0 Å². The van der Waals surface area contributed by atoms with Gasteiger partial charge in [0.15, 0.2) is 0 Å². The zero-order chi connectivity index (χ0) is 12.9. The van der Waals surface area contributed by atoms with Gasteiger partial charge in [0.2, 0.25) is 0 Å². The molecule has 0 aliphatic heterocycles. The Morgan fingerprint density at radius 1 is 1.35 bits per heavy atom. The zero-order valence-corrected chi connectivity index (χ0v) is 12.6. The summed E-state index contributed by atoms with van der Waals surface area (Å²) in [5.41, 5.74) is 0.419. The maximum absolute atomic E-state index is 3.60. The van der Waals surface area contributed by atoms with Gasteiger partial charge < -0.3 is 10.2 Å². The van der Waals surface area contributed by atoms with E-state index in [1.807, 2.05) is 0 Å². The van der Waals surface area contributed by atoms with Crippen molar-refractivity contribution in [1.29, 1.82) is 0 Å². The van der Waals surface area contributed by atoms with E-state index in [-0.39, 0.29) is 0 Å². The highest BCUT2D eigenvalue weighted by Crippen LogP contribution is 2.28. The number of hydrogen-bond donors (Lipinski definition) is 1. The fraction of sp³-hybridized carbons (Fsp3) is 1.00. The lowest BCUT2D eigenvalue weighted by Crippen LogP contribution is -2.44. The van der Waals surface area contributed by atoms with Gasteiger partial charge in [-0.15, -0.1) is 0 Å². The van der Waals surface area contributed by atoms with Gasteiger partial charge in [-0.05, 0) is 37.6 Å². The molecule has 2 nitrogen and oxygen atoms in total. The predicted molar refractivity (Wildman–Crippen MR) is 76.4 cm³/mol. The Kier molecular flexibility index (Phi) is 5.94. The van der Waals surface area contributed by atoms with Crippen LogP contribution in [0.3, 0.4) is 0 Å². The summed E-state index contributed by atoms with van der Waals surface area (Å²) in [6.07, 6.45) is 5.62. The highest BCUT2D eigenvalue weighted by atomic mass is 15.1. The van der Waals surface area contributed by atoms with Crippen molar-refractivity contribution >= 4 is 0 Å². The second-order valence-electron chi connectivity index (χ2n) is 6.69. The maximum atomic E-state index is 3.60. The van der Waals surface area contributed by atoms with Crippen molar-refractivity contribution in [3.63, 3.8) is 0 Å². The van der Waals surface area contributed by atoms with Crippen molar-refractivity contribution in [2.75, 3.05) is 26.7 Å². The predicted octanol–water partition coefficient (Wildman–Crippen LogP) is 3.13. The molecule has 0 saturated heterocycles. The Hall–Kier alpha value is -0.0800. The first-order valence-electron chi connectivity index (χ1n) is 7.37. The fourth-order valence-electron chi connectivity index (χ4n) is 2.58. The van der Waals surface area contributed by atoms with Crippen molar-refractivity contribution in [1.82, 2.24) is 10.2 Å². The molecule has 1 rings (SSSR count). The maximum Gasteiger partial charge on any atom is 0.00444 e.